The number of hydrogen-bond donors (Lipinski definition) is 0. The highest BCUT2D eigenvalue weighted by Crippen LogP contribution is 1.82. The fraction of sp³-hybridized carbons (Fsp3) is 0.500. The zero-order chi connectivity index (χ0) is 6.53. The highest BCUT2D eigenvalue weighted by atomic mass is 16.5. The molecule has 0 atom stereocenters. The zero-order valence-electron chi connectivity index (χ0n) is 5.45. The lowest BCUT2D eigenvalue weighted by molar-refractivity contribution is 0.183. The molecule has 0 fully saturated rings. The number of ether oxygens (including phenoxy) is 1. The van der Waals surface area contributed by atoms with Crippen LogP contribution in [0.4, 0.5) is 0 Å². The van der Waals surface area contributed by atoms with Crippen molar-refractivity contribution in [2.45, 2.75) is 6.54 Å². The Morgan fingerprint density at radius 3 is 3.11 bits per heavy atom. The fourth-order valence-electron chi connectivity index (χ4n) is 0.618. The summed E-state index contributed by atoms with van der Waals surface area (Å²) in [5.74, 6) is 0. The third-order valence-corrected chi connectivity index (χ3v) is 1.08. The SMILES string of the molecule is COCCn1cccn1. The van der Waals surface area contributed by atoms with Crippen molar-refractivity contribution >= 4 is 0 Å². The molecular weight excluding hydrogens is 116 g/mol. The molecule has 0 aliphatic rings. The first-order chi connectivity index (χ1) is 4.43. The van der Waals surface area contributed by atoms with Gasteiger partial charge in [-0.2, -0.15) is 5.10 Å². The summed E-state index contributed by atoms with van der Waals surface area (Å²) in [4.78, 5) is 0. The van der Waals surface area contributed by atoms with Crippen LogP contribution in [0.1, 0.15) is 0 Å². The number of hydrogen-bond acceptors (Lipinski definition) is 2. The summed E-state index contributed by atoms with van der Waals surface area (Å²) in [6, 6.07) is 1.90. The minimum atomic E-state index is 0.724. The molecule has 0 bridgehead atoms. The van der Waals surface area contributed by atoms with E-state index in [1.165, 1.54) is 0 Å². The van der Waals surface area contributed by atoms with Gasteiger partial charge < -0.3 is 4.74 Å². The summed E-state index contributed by atoms with van der Waals surface area (Å²) in [5, 5.41) is 3.99. The topological polar surface area (TPSA) is 27.1 Å². The van der Waals surface area contributed by atoms with Crippen molar-refractivity contribution in [1.29, 1.82) is 0 Å². The van der Waals surface area contributed by atoms with Crippen LogP contribution in [0.15, 0.2) is 18.5 Å². The second-order valence-electron chi connectivity index (χ2n) is 1.76. The predicted octanol–water partition coefficient (Wildman–Crippen LogP) is 0.530. The van der Waals surface area contributed by atoms with Crippen LogP contribution >= 0.6 is 0 Å². The van der Waals surface area contributed by atoms with E-state index >= 15 is 0 Å². The summed E-state index contributed by atoms with van der Waals surface area (Å²) in [6.45, 7) is 1.56. The van der Waals surface area contributed by atoms with Gasteiger partial charge in [-0.15, -0.1) is 0 Å². The minimum Gasteiger partial charge on any atom is -0.383 e. The molecule has 0 unspecified atom stereocenters. The van der Waals surface area contributed by atoms with Gasteiger partial charge in [0.2, 0.25) is 0 Å². The molecule has 0 amide bonds. The van der Waals surface area contributed by atoms with Gasteiger partial charge in [-0.05, 0) is 6.07 Å². The maximum absolute atomic E-state index is 4.85. The Morgan fingerprint density at radius 2 is 2.56 bits per heavy atom. The van der Waals surface area contributed by atoms with E-state index in [9.17, 15) is 0 Å². The van der Waals surface area contributed by atoms with Gasteiger partial charge in [0.15, 0.2) is 0 Å². The molecule has 1 aromatic heterocycles. The van der Waals surface area contributed by atoms with Gasteiger partial charge in [0.25, 0.3) is 0 Å². The Morgan fingerprint density at radius 1 is 1.67 bits per heavy atom. The van der Waals surface area contributed by atoms with E-state index in [0.717, 1.165) is 13.2 Å². The molecule has 0 saturated heterocycles. The zero-order valence-corrected chi connectivity index (χ0v) is 5.45. The lowest BCUT2D eigenvalue weighted by Crippen LogP contribution is -2.03. The molecule has 3 nitrogen and oxygen atoms in total. The molecule has 3 heteroatoms. The van der Waals surface area contributed by atoms with Gasteiger partial charge in [0.05, 0.1) is 13.2 Å². The van der Waals surface area contributed by atoms with E-state index in [1.807, 2.05) is 16.9 Å². The first-order valence-electron chi connectivity index (χ1n) is 2.90. The van der Waals surface area contributed by atoms with Crippen LogP contribution < -0.4 is 0 Å². The van der Waals surface area contributed by atoms with Gasteiger partial charge in [-0.25, -0.2) is 0 Å². The molecule has 1 aromatic rings. The summed E-state index contributed by atoms with van der Waals surface area (Å²) in [7, 11) is 1.68. The standard InChI is InChI=1S/C6H10N2O/c1-9-6-5-8-4-2-3-7-8/h2-4H,5-6H2,1H3. The van der Waals surface area contributed by atoms with Crippen LogP contribution in [0.25, 0.3) is 0 Å². The minimum absolute atomic E-state index is 0.724. The van der Waals surface area contributed by atoms with Gasteiger partial charge in [0.1, 0.15) is 0 Å². The molecular formula is C6H10N2O. The summed E-state index contributed by atoms with van der Waals surface area (Å²) in [5.41, 5.74) is 0. The van der Waals surface area contributed by atoms with Crippen LogP contribution in [0.2, 0.25) is 0 Å². The Balaban J connectivity index is 2.30. The molecule has 0 aliphatic carbocycles. The van der Waals surface area contributed by atoms with Gasteiger partial charge in [-0.3, -0.25) is 4.68 Å². The maximum atomic E-state index is 4.85. The third kappa shape index (κ3) is 1.85. The average molecular weight is 126 g/mol. The highest BCUT2D eigenvalue weighted by Gasteiger charge is 1.85. The van der Waals surface area contributed by atoms with E-state index in [1.54, 1.807) is 13.3 Å². The van der Waals surface area contributed by atoms with Crippen LogP contribution in [0.3, 0.4) is 0 Å². The second-order valence-corrected chi connectivity index (χ2v) is 1.76. The molecule has 9 heavy (non-hydrogen) atoms. The smallest absolute Gasteiger partial charge is 0.0658 e. The number of aromatic nitrogens is 2. The largest absolute Gasteiger partial charge is 0.383 e. The maximum Gasteiger partial charge on any atom is 0.0658 e. The molecule has 1 rings (SSSR count). The Bertz CT molecular complexity index is 148. The number of methoxy groups -OCH3 is 1. The molecule has 0 N–H and O–H groups in total. The van der Waals surface area contributed by atoms with Crippen LogP contribution in [0.5, 0.6) is 0 Å². The summed E-state index contributed by atoms with van der Waals surface area (Å²) < 4.78 is 6.69. The van der Waals surface area contributed by atoms with Crippen molar-refractivity contribution in [1.82, 2.24) is 9.78 Å². The number of nitrogens with zero attached hydrogens (tertiary/aromatic N) is 2. The lowest BCUT2D eigenvalue weighted by atomic mass is 10.7. The molecule has 0 spiro atoms. The first kappa shape index (κ1) is 6.29. The van der Waals surface area contributed by atoms with Crippen molar-refractivity contribution in [3.8, 4) is 0 Å². The summed E-state index contributed by atoms with van der Waals surface area (Å²) >= 11 is 0. The third-order valence-electron chi connectivity index (χ3n) is 1.08. The van der Waals surface area contributed by atoms with Crippen molar-refractivity contribution in [3.63, 3.8) is 0 Å². The van der Waals surface area contributed by atoms with E-state index in [0.29, 0.717) is 0 Å². The lowest BCUT2D eigenvalue weighted by Gasteiger charge is -1.97. The van der Waals surface area contributed by atoms with E-state index < -0.39 is 0 Å². The Kier molecular flexibility index (Phi) is 2.27. The van der Waals surface area contributed by atoms with Crippen molar-refractivity contribution < 1.29 is 4.74 Å². The number of rotatable bonds is 3. The van der Waals surface area contributed by atoms with Crippen molar-refractivity contribution in [3.05, 3.63) is 18.5 Å². The van der Waals surface area contributed by atoms with Gasteiger partial charge in [0, 0.05) is 19.5 Å². The molecule has 0 radical (unpaired) electrons. The fourth-order valence-corrected chi connectivity index (χ4v) is 0.618. The van der Waals surface area contributed by atoms with E-state index in [-0.39, 0.29) is 0 Å². The van der Waals surface area contributed by atoms with E-state index in [4.69, 9.17) is 4.74 Å². The Labute approximate surface area is 54.2 Å². The molecule has 50 valence electrons. The first-order valence-corrected chi connectivity index (χ1v) is 2.90. The van der Waals surface area contributed by atoms with Crippen LogP contribution in [-0.4, -0.2) is 23.5 Å². The quantitative estimate of drug-likeness (QED) is 0.590. The summed E-state index contributed by atoms with van der Waals surface area (Å²) in [6.07, 6.45) is 3.68. The van der Waals surface area contributed by atoms with E-state index in [2.05, 4.69) is 5.10 Å². The molecule has 0 saturated carbocycles. The monoisotopic (exact) mass is 126 g/mol. The van der Waals surface area contributed by atoms with Crippen LogP contribution in [-0.2, 0) is 11.3 Å². The van der Waals surface area contributed by atoms with Crippen molar-refractivity contribution in [2.75, 3.05) is 13.7 Å². The molecule has 0 aliphatic heterocycles. The Hall–Kier alpha value is -0.830. The normalized spacial score (nSPS) is 9.89. The molecule has 0 aromatic carbocycles. The van der Waals surface area contributed by atoms with Crippen LogP contribution in [0, 0.1) is 0 Å². The molecule has 1 heterocycles. The average Bonchev–Trinajstić information content (AvgIpc) is 2.34. The van der Waals surface area contributed by atoms with Crippen molar-refractivity contribution in [2.24, 2.45) is 0 Å². The van der Waals surface area contributed by atoms with Gasteiger partial charge >= 0.3 is 0 Å². The predicted molar refractivity (Wildman–Crippen MR) is 34.1 cm³/mol. The highest BCUT2D eigenvalue weighted by molar-refractivity contribution is 4.77. The van der Waals surface area contributed by atoms with Gasteiger partial charge in [-0.1, -0.05) is 0 Å². The second kappa shape index (κ2) is 3.25.